The van der Waals surface area contributed by atoms with E-state index in [0.29, 0.717) is 19.5 Å². The molecule has 0 heterocycles. The molecule has 1 atom stereocenters. The molecule has 0 aromatic carbocycles. The van der Waals surface area contributed by atoms with Crippen LogP contribution in [0.1, 0.15) is 48.0 Å². The van der Waals surface area contributed by atoms with Gasteiger partial charge in [0.05, 0.1) is 16.6 Å². The second-order valence-corrected chi connectivity index (χ2v) is 9.92. The van der Waals surface area contributed by atoms with Crippen molar-refractivity contribution in [3.63, 3.8) is 0 Å². The summed E-state index contributed by atoms with van der Waals surface area (Å²) in [7, 11) is -3.07. The molecule has 0 fully saturated rings. The molecule has 5 heteroatoms. The van der Waals surface area contributed by atoms with Crippen molar-refractivity contribution < 1.29 is 13.5 Å². The van der Waals surface area contributed by atoms with E-state index in [0.717, 1.165) is 0 Å². The van der Waals surface area contributed by atoms with Crippen molar-refractivity contribution in [3.8, 4) is 0 Å². The third kappa shape index (κ3) is 7.34. The van der Waals surface area contributed by atoms with Gasteiger partial charge in [0.25, 0.3) is 0 Å². The fraction of sp³-hybridized carbons (Fsp3) is 1.00. The second-order valence-electron chi connectivity index (χ2n) is 7.05. The van der Waals surface area contributed by atoms with Gasteiger partial charge in [0.2, 0.25) is 0 Å². The number of rotatable bonds is 6. The van der Waals surface area contributed by atoms with Gasteiger partial charge in [0.15, 0.2) is 9.84 Å². The van der Waals surface area contributed by atoms with Crippen LogP contribution >= 0.6 is 0 Å². The fourth-order valence-electron chi connectivity index (χ4n) is 1.56. The maximum absolute atomic E-state index is 11.8. The van der Waals surface area contributed by atoms with Crippen LogP contribution < -0.4 is 5.32 Å². The van der Waals surface area contributed by atoms with Crippen LogP contribution in [0.5, 0.6) is 0 Å². The minimum absolute atomic E-state index is 0.0819. The molecule has 0 aliphatic rings. The summed E-state index contributed by atoms with van der Waals surface area (Å²) >= 11 is 0. The van der Waals surface area contributed by atoms with Gasteiger partial charge >= 0.3 is 0 Å². The molecular formula is C13H29NO3S. The standard InChI is InChI=1S/C13H29NO3S/c1-12(2,3)9-11(15)10-14-7-8-18(16,17)13(4,5)6/h11,14-15H,7-10H2,1-6H3. The van der Waals surface area contributed by atoms with Crippen molar-refractivity contribution in [2.75, 3.05) is 18.8 Å². The predicted octanol–water partition coefficient (Wildman–Crippen LogP) is 1.59. The van der Waals surface area contributed by atoms with E-state index in [2.05, 4.69) is 26.1 Å². The average molecular weight is 279 g/mol. The zero-order chi connectivity index (χ0) is 14.6. The lowest BCUT2D eigenvalue weighted by Gasteiger charge is -2.23. The summed E-state index contributed by atoms with van der Waals surface area (Å²) in [6.07, 6.45) is 0.272. The first-order valence-electron chi connectivity index (χ1n) is 6.46. The number of nitrogens with one attached hydrogen (secondary N) is 1. The van der Waals surface area contributed by atoms with Crippen LogP contribution in [0, 0.1) is 5.41 Å². The van der Waals surface area contributed by atoms with Gasteiger partial charge in [-0.15, -0.1) is 0 Å². The number of sulfone groups is 1. The van der Waals surface area contributed by atoms with Crippen LogP contribution in [0.25, 0.3) is 0 Å². The molecule has 1 unspecified atom stereocenters. The van der Waals surface area contributed by atoms with Gasteiger partial charge in [-0.1, -0.05) is 20.8 Å². The zero-order valence-electron chi connectivity index (χ0n) is 12.6. The van der Waals surface area contributed by atoms with Gasteiger partial charge in [-0.3, -0.25) is 0 Å². The molecule has 0 aliphatic carbocycles. The summed E-state index contributed by atoms with van der Waals surface area (Å²) in [6.45, 7) is 12.2. The zero-order valence-corrected chi connectivity index (χ0v) is 13.4. The highest BCUT2D eigenvalue weighted by atomic mass is 32.2. The number of aliphatic hydroxyl groups is 1. The smallest absolute Gasteiger partial charge is 0.156 e. The largest absolute Gasteiger partial charge is 0.392 e. The summed E-state index contributed by atoms with van der Waals surface area (Å²) in [5.41, 5.74) is 0.0819. The predicted molar refractivity (Wildman–Crippen MR) is 76.5 cm³/mol. The fourth-order valence-corrected chi connectivity index (χ4v) is 2.59. The molecular weight excluding hydrogens is 250 g/mol. The van der Waals surface area contributed by atoms with E-state index in [9.17, 15) is 13.5 Å². The van der Waals surface area contributed by atoms with Crippen molar-refractivity contribution in [1.82, 2.24) is 5.32 Å². The Kier molecular flexibility index (Phi) is 6.30. The summed E-state index contributed by atoms with van der Waals surface area (Å²) in [5.74, 6) is 0.110. The average Bonchev–Trinajstić information content (AvgIpc) is 2.07. The van der Waals surface area contributed by atoms with Crippen LogP contribution in [-0.4, -0.2) is 43.2 Å². The molecule has 0 spiro atoms. The molecule has 0 aliphatic heterocycles. The van der Waals surface area contributed by atoms with E-state index in [4.69, 9.17) is 0 Å². The summed E-state index contributed by atoms with van der Waals surface area (Å²) in [4.78, 5) is 0. The van der Waals surface area contributed by atoms with Gasteiger partial charge in [-0.2, -0.15) is 0 Å². The van der Waals surface area contributed by atoms with Crippen LogP contribution in [-0.2, 0) is 9.84 Å². The molecule has 0 aromatic heterocycles. The molecule has 0 aromatic rings. The summed E-state index contributed by atoms with van der Waals surface area (Å²) in [5, 5.41) is 12.8. The Balaban J connectivity index is 3.96. The molecule has 4 nitrogen and oxygen atoms in total. The van der Waals surface area contributed by atoms with E-state index >= 15 is 0 Å². The van der Waals surface area contributed by atoms with Gasteiger partial charge in [0, 0.05) is 13.1 Å². The first-order valence-corrected chi connectivity index (χ1v) is 8.11. The van der Waals surface area contributed by atoms with Crippen molar-refractivity contribution in [2.24, 2.45) is 5.41 Å². The number of aliphatic hydroxyl groups excluding tert-OH is 1. The van der Waals surface area contributed by atoms with Crippen LogP contribution in [0.4, 0.5) is 0 Å². The van der Waals surface area contributed by atoms with Crippen LogP contribution in [0.2, 0.25) is 0 Å². The maximum atomic E-state index is 11.8. The first-order chi connectivity index (χ1) is 7.85. The normalized spacial score (nSPS) is 15.7. The Morgan fingerprint density at radius 2 is 1.61 bits per heavy atom. The SMILES string of the molecule is CC(C)(C)CC(O)CNCCS(=O)(=O)C(C)(C)C. The van der Waals surface area contributed by atoms with Crippen LogP contribution in [0.15, 0.2) is 0 Å². The Labute approximate surface area is 112 Å². The molecule has 0 amide bonds. The summed E-state index contributed by atoms with van der Waals surface area (Å²) < 4.78 is 22.9. The maximum Gasteiger partial charge on any atom is 0.156 e. The molecule has 0 bridgehead atoms. The van der Waals surface area contributed by atoms with Gasteiger partial charge in [0.1, 0.15) is 0 Å². The molecule has 0 rings (SSSR count). The topological polar surface area (TPSA) is 66.4 Å². The Hall–Kier alpha value is -0.130. The van der Waals surface area contributed by atoms with Crippen molar-refractivity contribution >= 4 is 9.84 Å². The summed E-state index contributed by atoms with van der Waals surface area (Å²) in [6, 6.07) is 0. The van der Waals surface area contributed by atoms with Crippen molar-refractivity contribution in [2.45, 2.75) is 58.8 Å². The highest BCUT2D eigenvalue weighted by Gasteiger charge is 2.28. The first kappa shape index (κ1) is 17.9. The third-order valence-electron chi connectivity index (χ3n) is 2.71. The quantitative estimate of drug-likeness (QED) is 0.725. The molecule has 18 heavy (non-hydrogen) atoms. The lowest BCUT2D eigenvalue weighted by atomic mass is 9.89. The lowest BCUT2D eigenvalue weighted by Crippen LogP contribution is -2.37. The Morgan fingerprint density at radius 1 is 1.11 bits per heavy atom. The number of hydrogen-bond donors (Lipinski definition) is 2. The molecule has 0 radical (unpaired) electrons. The minimum Gasteiger partial charge on any atom is -0.392 e. The van der Waals surface area contributed by atoms with Crippen molar-refractivity contribution in [3.05, 3.63) is 0 Å². The lowest BCUT2D eigenvalue weighted by molar-refractivity contribution is 0.120. The molecule has 2 N–H and O–H groups in total. The molecule has 0 saturated carbocycles. The highest BCUT2D eigenvalue weighted by Crippen LogP contribution is 2.20. The third-order valence-corrected chi connectivity index (χ3v) is 5.32. The minimum atomic E-state index is -3.07. The van der Waals surface area contributed by atoms with E-state index in [1.165, 1.54) is 0 Å². The van der Waals surface area contributed by atoms with E-state index in [-0.39, 0.29) is 11.2 Å². The Bertz CT molecular complexity index is 336. The monoisotopic (exact) mass is 279 g/mol. The van der Waals surface area contributed by atoms with E-state index in [1.54, 1.807) is 20.8 Å². The second kappa shape index (κ2) is 6.35. The van der Waals surface area contributed by atoms with E-state index < -0.39 is 20.7 Å². The van der Waals surface area contributed by atoms with E-state index in [1.807, 2.05) is 0 Å². The Morgan fingerprint density at radius 3 is 2.00 bits per heavy atom. The molecule has 0 saturated heterocycles. The van der Waals surface area contributed by atoms with Gasteiger partial charge in [-0.05, 0) is 32.6 Å². The van der Waals surface area contributed by atoms with Crippen LogP contribution in [0.3, 0.4) is 0 Å². The van der Waals surface area contributed by atoms with Gasteiger partial charge in [-0.25, -0.2) is 8.42 Å². The number of hydrogen-bond acceptors (Lipinski definition) is 4. The molecule has 110 valence electrons. The van der Waals surface area contributed by atoms with Crippen molar-refractivity contribution in [1.29, 1.82) is 0 Å². The van der Waals surface area contributed by atoms with Gasteiger partial charge < -0.3 is 10.4 Å². The highest BCUT2D eigenvalue weighted by molar-refractivity contribution is 7.92.